The monoisotopic (exact) mass is 484 g/mol. The molecule has 176 valence electrons. The Morgan fingerprint density at radius 2 is 1.80 bits per heavy atom. The lowest BCUT2D eigenvalue weighted by Crippen LogP contribution is -2.28. The van der Waals surface area contributed by atoms with Crippen LogP contribution in [0.5, 0.6) is 5.75 Å². The lowest BCUT2D eigenvalue weighted by Gasteiger charge is -2.22. The molecule has 0 bridgehead atoms. The summed E-state index contributed by atoms with van der Waals surface area (Å²) in [4.78, 5) is 17.5. The summed E-state index contributed by atoms with van der Waals surface area (Å²) in [5.74, 6) is 1.58. The van der Waals surface area contributed by atoms with Crippen LogP contribution in [-0.4, -0.2) is 49.2 Å². The van der Waals surface area contributed by atoms with Crippen LogP contribution in [0.2, 0.25) is 0 Å². The topological polar surface area (TPSA) is 85.5 Å². The molecule has 0 saturated carbocycles. The maximum atomic E-state index is 13.4. The first-order chi connectivity index (χ1) is 17.1. The van der Waals surface area contributed by atoms with Gasteiger partial charge in [-0.2, -0.15) is 5.10 Å². The maximum absolute atomic E-state index is 13.4. The van der Waals surface area contributed by atoms with Crippen molar-refractivity contribution >= 4 is 23.4 Å². The molecule has 1 amide bonds. The van der Waals surface area contributed by atoms with Crippen molar-refractivity contribution < 1.29 is 9.53 Å². The summed E-state index contributed by atoms with van der Waals surface area (Å²) >= 11 is 1.35. The Hall–Kier alpha value is -3.98. The van der Waals surface area contributed by atoms with E-state index in [1.165, 1.54) is 11.8 Å². The van der Waals surface area contributed by atoms with E-state index in [0.29, 0.717) is 17.4 Å². The van der Waals surface area contributed by atoms with Crippen molar-refractivity contribution in [2.45, 2.75) is 17.6 Å². The average molecular weight is 485 g/mol. The number of carbonyl (C=O) groups is 1. The minimum Gasteiger partial charge on any atom is -0.497 e. The SMILES string of the molecule is COc1ccc([C@H]2CC(c3ccccc3)=NN2C(=O)CSc2nnc(-c3cccnc3)n2C)cc1. The van der Waals surface area contributed by atoms with Crippen molar-refractivity contribution in [1.29, 1.82) is 0 Å². The lowest BCUT2D eigenvalue weighted by molar-refractivity contribution is -0.130. The molecule has 0 saturated heterocycles. The molecule has 9 heteroatoms. The number of methoxy groups -OCH3 is 1. The summed E-state index contributed by atoms with van der Waals surface area (Å²) in [6.07, 6.45) is 4.10. The number of benzene rings is 2. The predicted octanol–water partition coefficient (Wildman–Crippen LogP) is 4.36. The van der Waals surface area contributed by atoms with E-state index in [2.05, 4.69) is 15.2 Å². The van der Waals surface area contributed by atoms with Gasteiger partial charge in [-0.3, -0.25) is 9.78 Å². The molecule has 0 fully saturated rings. The minimum absolute atomic E-state index is 0.0901. The second-order valence-corrected chi connectivity index (χ2v) is 8.98. The normalized spacial score (nSPS) is 15.2. The van der Waals surface area contributed by atoms with E-state index >= 15 is 0 Å². The highest BCUT2D eigenvalue weighted by atomic mass is 32.2. The number of hydrogen-bond acceptors (Lipinski definition) is 7. The van der Waals surface area contributed by atoms with Gasteiger partial charge in [0.25, 0.3) is 5.91 Å². The second kappa shape index (κ2) is 10.1. The van der Waals surface area contributed by atoms with Crippen molar-refractivity contribution in [3.8, 4) is 17.1 Å². The fourth-order valence-electron chi connectivity index (χ4n) is 4.01. The zero-order valence-electron chi connectivity index (χ0n) is 19.4. The number of ether oxygens (including phenoxy) is 1. The first-order valence-electron chi connectivity index (χ1n) is 11.2. The Bertz CT molecular complexity index is 1340. The third kappa shape index (κ3) is 4.81. The Balaban J connectivity index is 1.36. The Morgan fingerprint density at radius 1 is 1.03 bits per heavy atom. The van der Waals surface area contributed by atoms with E-state index in [0.717, 1.165) is 28.2 Å². The third-order valence-corrected chi connectivity index (χ3v) is 6.86. The molecule has 0 unspecified atom stereocenters. The van der Waals surface area contributed by atoms with Gasteiger partial charge in [0.05, 0.1) is 24.6 Å². The van der Waals surface area contributed by atoms with E-state index in [1.807, 2.05) is 78.3 Å². The molecule has 0 aliphatic carbocycles. The van der Waals surface area contributed by atoms with Gasteiger partial charge in [-0.1, -0.05) is 54.2 Å². The van der Waals surface area contributed by atoms with Crippen LogP contribution in [0.3, 0.4) is 0 Å². The van der Waals surface area contributed by atoms with E-state index in [4.69, 9.17) is 9.84 Å². The molecule has 35 heavy (non-hydrogen) atoms. The first kappa shape index (κ1) is 22.8. The van der Waals surface area contributed by atoms with Crippen molar-refractivity contribution in [2.75, 3.05) is 12.9 Å². The molecule has 8 nitrogen and oxygen atoms in total. The molecule has 0 spiro atoms. The zero-order valence-corrected chi connectivity index (χ0v) is 20.2. The number of amides is 1. The second-order valence-electron chi connectivity index (χ2n) is 8.04. The molecule has 1 aliphatic heterocycles. The summed E-state index contributed by atoms with van der Waals surface area (Å²) in [7, 11) is 3.53. The van der Waals surface area contributed by atoms with Crippen LogP contribution in [0.25, 0.3) is 11.4 Å². The van der Waals surface area contributed by atoms with Crippen LogP contribution >= 0.6 is 11.8 Å². The molecule has 2 aromatic heterocycles. The van der Waals surface area contributed by atoms with Crippen LogP contribution in [0.15, 0.2) is 89.4 Å². The number of rotatable bonds is 7. The number of hydrazone groups is 1. The van der Waals surface area contributed by atoms with E-state index in [-0.39, 0.29) is 17.7 Å². The lowest BCUT2D eigenvalue weighted by atomic mass is 9.98. The van der Waals surface area contributed by atoms with Crippen molar-refractivity contribution in [3.63, 3.8) is 0 Å². The quantitative estimate of drug-likeness (QED) is 0.363. The van der Waals surface area contributed by atoms with Gasteiger partial charge in [-0.15, -0.1) is 10.2 Å². The zero-order chi connectivity index (χ0) is 24.2. The first-order valence-corrected chi connectivity index (χ1v) is 12.1. The number of pyridine rings is 1. The third-order valence-electron chi connectivity index (χ3n) is 5.85. The largest absolute Gasteiger partial charge is 0.497 e. The molecule has 1 atom stereocenters. The number of thioether (sulfide) groups is 1. The number of aromatic nitrogens is 4. The molecule has 3 heterocycles. The van der Waals surface area contributed by atoms with Gasteiger partial charge in [0.15, 0.2) is 11.0 Å². The number of carbonyl (C=O) groups excluding carboxylic acids is 1. The fraction of sp³-hybridized carbons (Fsp3) is 0.192. The van der Waals surface area contributed by atoms with Crippen molar-refractivity contribution in [1.82, 2.24) is 24.8 Å². The van der Waals surface area contributed by atoms with E-state index in [1.54, 1.807) is 24.5 Å². The summed E-state index contributed by atoms with van der Waals surface area (Å²) < 4.78 is 7.17. The van der Waals surface area contributed by atoms with Crippen LogP contribution in [-0.2, 0) is 11.8 Å². The van der Waals surface area contributed by atoms with Gasteiger partial charge < -0.3 is 9.30 Å². The molecule has 2 aromatic carbocycles. The van der Waals surface area contributed by atoms with Crippen molar-refractivity contribution in [3.05, 3.63) is 90.3 Å². The Kier molecular flexibility index (Phi) is 6.58. The average Bonchev–Trinajstić information content (AvgIpc) is 3.52. The molecule has 0 N–H and O–H groups in total. The van der Waals surface area contributed by atoms with Gasteiger partial charge in [-0.25, -0.2) is 5.01 Å². The van der Waals surface area contributed by atoms with E-state index < -0.39 is 0 Å². The van der Waals surface area contributed by atoms with Crippen LogP contribution in [0, 0.1) is 0 Å². The van der Waals surface area contributed by atoms with Gasteiger partial charge >= 0.3 is 0 Å². The number of hydrogen-bond donors (Lipinski definition) is 0. The number of nitrogens with zero attached hydrogens (tertiary/aromatic N) is 6. The standard InChI is InChI=1S/C26H24N6O2S/c1-31-25(20-9-6-14-27-16-20)28-29-26(31)35-17-24(33)32-23(19-10-12-21(34-2)13-11-19)15-22(30-32)18-7-4-3-5-8-18/h3-14,16,23H,15,17H2,1-2H3/t23-/m1/s1. The Morgan fingerprint density at radius 3 is 2.51 bits per heavy atom. The maximum Gasteiger partial charge on any atom is 0.253 e. The van der Waals surface area contributed by atoms with Gasteiger partial charge in [0, 0.05) is 31.4 Å². The Labute approximate surface area is 207 Å². The van der Waals surface area contributed by atoms with Gasteiger partial charge in [-0.05, 0) is 35.4 Å². The molecule has 5 rings (SSSR count). The molecular weight excluding hydrogens is 460 g/mol. The summed E-state index contributed by atoms with van der Waals surface area (Å²) in [5, 5.41) is 15.6. The fourth-order valence-corrected chi connectivity index (χ4v) is 4.77. The smallest absolute Gasteiger partial charge is 0.253 e. The molecule has 1 aliphatic rings. The highest BCUT2D eigenvalue weighted by molar-refractivity contribution is 7.99. The summed E-state index contributed by atoms with van der Waals surface area (Å²) in [6.45, 7) is 0. The highest BCUT2D eigenvalue weighted by Crippen LogP contribution is 2.34. The van der Waals surface area contributed by atoms with Crippen LogP contribution in [0.4, 0.5) is 0 Å². The van der Waals surface area contributed by atoms with Crippen molar-refractivity contribution in [2.24, 2.45) is 12.1 Å². The molecule has 0 radical (unpaired) electrons. The summed E-state index contributed by atoms with van der Waals surface area (Å²) in [5.41, 5.74) is 3.79. The molecular formula is C26H24N6O2S. The van der Waals surface area contributed by atoms with Crippen LogP contribution < -0.4 is 4.74 Å². The highest BCUT2D eigenvalue weighted by Gasteiger charge is 2.33. The predicted molar refractivity (Wildman–Crippen MR) is 135 cm³/mol. The van der Waals surface area contributed by atoms with Gasteiger partial charge in [0.2, 0.25) is 0 Å². The summed E-state index contributed by atoms with van der Waals surface area (Å²) in [6, 6.07) is 21.4. The van der Waals surface area contributed by atoms with Crippen LogP contribution in [0.1, 0.15) is 23.6 Å². The van der Waals surface area contributed by atoms with Gasteiger partial charge in [0.1, 0.15) is 5.75 Å². The van der Waals surface area contributed by atoms with E-state index in [9.17, 15) is 4.79 Å². The minimum atomic E-state index is -0.185. The molecule has 4 aromatic rings.